The maximum Gasteiger partial charge on any atom is 0.328 e. The summed E-state index contributed by atoms with van der Waals surface area (Å²) in [5, 5.41) is 11.3. The summed E-state index contributed by atoms with van der Waals surface area (Å²) >= 11 is 0. The number of hydrogen-bond acceptors (Lipinski definition) is 4. The highest BCUT2D eigenvalue weighted by molar-refractivity contribution is 5.98. The number of carboxylic acid groups (broad SMARTS) is 1. The van der Waals surface area contributed by atoms with E-state index in [1.54, 1.807) is 24.3 Å². The van der Waals surface area contributed by atoms with Gasteiger partial charge in [0.05, 0.1) is 19.3 Å². The summed E-state index contributed by atoms with van der Waals surface area (Å²) in [5.41, 5.74) is 0.280. The Labute approximate surface area is 105 Å². The van der Waals surface area contributed by atoms with Crippen molar-refractivity contribution < 1.29 is 24.2 Å². The first-order valence-electron chi connectivity index (χ1n) is 5.25. The van der Waals surface area contributed by atoms with E-state index in [0.717, 1.165) is 0 Å². The van der Waals surface area contributed by atoms with Gasteiger partial charge in [-0.05, 0) is 12.1 Å². The predicted octanol–water partition coefficient (Wildman–Crippen LogP) is 0.525. The number of carbonyl (C=O) groups is 2. The Morgan fingerprint density at radius 1 is 1.33 bits per heavy atom. The number of nitrogens with one attached hydrogen (secondary N) is 1. The molecular weight excluding hydrogens is 238 g/mol. The topological polar surface area (TPSA) is 84.9 Å². The quantitative estimate of drug-likeness (QED) is 0.772. The van der Waals surface area contributed by atoms with Crippen molar-refractivity contribution in [2.24, 2.45) is 0 Å². The van der Waals surface area contributed by atoms with Crippen molar-refractivity contribution in [3.8, 4) is 5.75 Å². The van der Waals surface area contributed by atoms with Crippen LogP contribution in [-0.4, -0.2) is 43.9 Å². The van der Waals surface area contributed by atoms with Crippen molar-refractivity contribution in [1.29, 1.82) is 0 Å². The minimum absolute atomic E-state index is 0.101. The van der Waals surface area contributed by atoms with Crippen molar-refractivity contribution in [2.45, 2.75) is 6.04 Å². The monoisotopic (exact) mass is 253 g/mol. The Hall–Kier alpha value is -2.08. The number of methoxy groups -OCH3 is 2. The lowest BCUT2D eigenvalue weighted by atomic mass is 10.1. The van der Waals surface area contributed by atoms with Crippen LogP contribution < -0.4 is 10.1 Å². The van der Waals surface area contributed by atoms with Crippen LogP contribution in [0, 0.1) is 0 Å². The highest BCUT2D eigenvalue weighted by atomic mass is 16.5. The van der Waals surface area contributed by atoms with Crippen LogP contribution in [-0.2, 0) is 9.53 Å². The maximum atomic E-state index is 11.9. The fourth-order valence-electron chi connectivity index (χ4n) is 1.41. The molecule has 0 fully saturated rings. The molecule has 0 spiro atoms. The number of para-hydroxylation sites is 1. The molecule has 1 atom stereocenters. The summed E-state index contributed by atoms with van der Waals surface area (Å²) in [5.74, 6) is -1.28. The van der Waals surface area contributed by atoms with Gasteiger partial charge in [0.15, 0.2) is 6.04 Å². The SMILES string of the molecule is COC[C@H](NC(=O)c1ccccc1OC)C(=O)O. The van der Waals surface area contributed by atoms with Gasteiger partial charge in [-0.15, -0.1) is 0 Å². The number of hydrogen-bond donors (Lipinski definition) is 2. The van der Waals surface area contributed by atoms with E-state index in [9.17, 15) is 9.59 Å². The van der Waals surface area contributed by atoms with Crippen LogP contribution in [0.25, 0.3) is 0 Å². The molecule has 0 aromatic heterocycles. The highest BCUT2D eigenvalue weighted by Gasteiger charge is 2.21. The van der Waals surface area contributed by atoms with Crippen LogP contribution >= 0.6 is 0 Å². The van der Waals surface area contributed by atoms with Crippen molar-refractivity contribution in [3.05, 3.63) is 29.8 Å². The van der Waals surface area contributed by atoms with Crippen molar-refractivity contribution in [2.75, 3.05) is 20.8 Å². The van der Waals surface area contributed by atoms with E-state index in [4.69, 9.17) is 14.6 Å². The molecular formula is C12H15NO5. The zero-order chi connectivity index (χ0) is 13.5. The molecule has 0 saturated carbocycles. The third kappa shape index (κ3) is 3.46. The van der Waals surface area contributed by atoms with Crippen molar-refractivity contribution in [1.82, 2.24) is 5.32 Å². The van der Waals surface area contributed by atoms with E-state index < -0.39 is 17.9 Å². The van der Waals surface area contributed by atoms with Gasteiger partial charge in [0.1, 0.15) is 5.75 Å². The molecule has 6 nitrogen and oxygen atoms in total. The first-order valence-corrected chi connectivity index (χ1v) is 5.25. The highest BCUT2D eigenvalue weighted by Crippen LogP contribution is 2.16. The number of ether oxygens (including phenoxy) is 2. The van der Waals surface area contributed by atoms with E-state index >= 15 is 0 Å². The smallest absolute Gasteiger partial charge is 0.328 e. The van der Waals surface area contributed by atoms with Crippen molar-refractivity contribution in [3.63, 3.8) is 0 Å². The van der Waals surface area contributed by atoms with E-state index in [-0.39, 0.29) is 12.2 Å². The molecule has 1 aromatic carbocycles. The van der Waals surface area contributed by atoms with Gasteiger partial charge in [-0.1, -0.05) is 12.1 Å². The molecule has 1 amide bonds. The van der Waals surface area contributed by atoms with Crippen LogP contribution in [0.1, 0.15) is 10.4 Å². The van der Waals surface area contributed by atoms with Gasteiger partial charge in [-0.25, -0.2) is 4.79 Å². The predicted molar refractivity (Wildman–Crippen MR) is 63.8 cm³/mol. The molecule has 0 unspecified atom stereocenters. The number of aliphatic carboxylic acids is 1. The lowest BCUT2D eigenvalue weighted by Crippen LogP contribution is -2.43. The first kappa shape index (κ1) is 14.0. The number of amides is 1. The minimum atomic E-state index is -1.15. The molecule has 98 valence electrons. The Bertz CT molecular complexity index is 432. The third-order valence-electron chi connectivity index (χ3n) is 2.29. The third-order valence-corrected chi connectivity index (χ3v) is 2.29. The first-order chi connectivity index (χ1) is 8.60. The Balaban J connectivity index is 2.83. The normalized spacial score (nSPS) is 11.7. The molecule has 0 bridgehead atoms. The second-order valence-electron chi connectivity index (χ2n) is 3.52. The van der Waals surface area contributed by atoms with Gasteiger partial charge in [0.25, 0.3) is 5.91 Å². The molecule has 0 heterocycles. The van der Waals surface area contributed by atoms with Crippen molar-refractivity contribution >= 4 is 11.9 Å². The second-order valence-corrected chi connectivity index (χ2v) is 3.52. The molecule has 0 aliphatic heterocycles. The van der Waals surface area contributed by atoms with E-state index in [0.29, 0.717) is 5.75 Å². The number of rotatable bonds is 6. The van der Waals surface area contributed by atoms with Crippen LogP contribution in [0.3, 0.4) is 0 Å². The lowest BCUT2D eigenvalue weighted by Gasteiger charge is -2.14. The lowest BCUT2D eigenvalue weighted by molar-refractivity contribution is -0.140. The van der Waals surface area contributed by atoms with Gasteiger partial charge in [0.2, 0.25) is 0 Å². The summed E-state index contributed by atoms with van der Waals surface area (Å²) in [6.45, 7) is -0.101. The Morgan fingerprint density at radius 3 is 2.56 bits per heavy atom. The van der Waals surface area contributed by atoms with Crippen LogP contribution in [0.5, 0.6) is 5.75 Å². The van der Waals surface area contributed by atoms with Gasteiger partial charge in [-0.2, -0.15) is 0 Å². The number of carboxylic acids is 1. The number of carbonyl (C=O) groups excluding carboxylic acids is 1. The molecule has 2 N–H and O–H groups in total. The van der Waals surface area contributed by atoms with E-state index in [1.165, 1.54) is 14.2 Å². The van der Waals surface area contributed by atoms with Crippen LogP contribution in [0.15, 0.2) is 24.3 Å². The van der Waals surface area contributed by atoms with Crippen LogP contribution in [0.4, 0.5) is 0 Å². The minimum Gasteiger partial charge on any atom is -0.496 e. The Morgan fingerprint density at radius 2 is 2.00 bits per heavy atom. The van der Waals surface area contributed by atoms with Gasteiger partial charge in [-0.3, -0.25) is 4.79 Å². The summed E-state index contributed by atoms with van der Waals surface area (Å²) < 4.78 is 9.76. The van der Waals surface area contributed by atoms with E-state index in [1.807, 2.05) is 0 Å². The fraction of sp³-hybridized carbons (Fsp3) is 0.333. The summed E-state index contributed by atoms with van der Waals surface area (Å²) in [4.78, 5) is 22.8. The standard InChI is InChI=1S/C12H15NO5/c1-17-7-9(12(15)16)13-11(14)8-5-3-4-6-10(8)18-2/h3-6,9H,7H2,1-2H3,(H,13,14)(H,15,16)/t9-/m0/s1. The molecule has 0 saturated heterocycles. The van der Waals surface area contributed by atoms with Gasteiger partial charge >= 0.3 is 5.97 Å². The van der Waals surface area contributed by atoms with E-state index in [2.05, 4.69) is 5.32 Å². The average Bonchev–Trinajstić information content (AvgIpc) is 2.37. The fourth-order valence-corrected chi connectivity index (χ4v) is 1.41. The average molecular weight is 253 g/mol. The zero-order valence-corrected chi connectivity index (χ0v) is 10.2. The summed E-state index contributed by atoms with van der Waals surface area (Å²) in [6.07, 6.45) is 0. The maximum absolute atomic E-state index is 11.9. The Kier molecular flexibility index (Phi) is 5.13. The molecule has 6 heteroatoms. The zero-order valence-electron chi connectivity index (χ0n) is 10.2. The molecule has 0 aliphatic rings. The molecule has 1 rings (SSSR count). The summed E-state index contributed by atoms with van der Waals surface area (Å²) in [6, 6.07) is 5.48. The van der Waals surface area contributed by atoms with Crippen LogP contribution in [0.2, 0.25) is 0 Å². The summed E-state index contributed by atoms with van der Waals surface area (Å²) in [7, 11) is 2.81. The molecule has 0 aliphatic carbocycles. The largest absolute Gasteiger partial charge is 0.496 e. The van der Waals surface area contributed by atoms with Gasteiger partial charge < -0.3 is 19.9 Å². The molecule has 1 aromatic rings. The second kappa shape index (κ2) is 6.61. The molecule has 18 heavy (non-hydrogen) atoms. The number of benzene rings is 1. The molecule has 0 radical (unpaired) electrons. The van der Waals surface area contributed by atoms with Gasteiger partial charge in [0, 0.05) is 7.11 Å².